The van der Waals surface area contributed by atoms with Crippen LogP contribution in [0.2, 0.25) is 0 Å². The van der Waals surface area contributed by atoms with Crippen LogP contribution in [-0.4, -0.2) is 15.1 Å². The molecule has 0 spiro atoms. The Morgan fingerprint density at radius 3 is 2.68 bits per heavy atom. The number of fused-ring (bicyclic) bond motifs is 1. The lowest BCUT2D eigenvalue weighted by Crippen LogP contribution is -2.02. The molecule has 0 fully saturated rings. The molecule has 4 nitrogen and oxygen atoms in total. The van der Waals surface area contributed by atoms with Gasteiger partial charge in [-0.25, -0.2) is 0 Å². The number of rotatable bonds is 2. The number of aliphatic hydroxyl groups excluding tert-OH is 1. The highest BCUT2D eigenvalue weighted by Crippen LogP contribution is 2.28. The molecule has 3 aromatic rings. The maximum absolute atomic E-state index is 10.3. The first-order chi connectivity index (χ1) is 9.15. The van der Waals surface area contributed by atoms with Crippen molar-refractivity contribution in [3.63, 3.8) is 0 Å². The molecule has 96 valence electrons. The lowest BCUT2D eigenvalue weighted by Gasteiger charge is -2.06. The predicted octanol–water partition coefficient (Wildman–Crippen LogP) is 2.92. The number of nitrogens with zero attached hydrogens (tertiary/aromatic N) is 2. The van der Waals surface area contributed by atoms with E-state index in [1.807, 2.05) is 38.1 Å². The first-order valence-electron chi connectivity index (χ1n) is 6.11. The van der Waals surface area contributed by atoms with Gasteiger partial charge in [0.25, 0.3) is 0 Å². The van der Waals surface area contributed by atoms with Crippen LogP contribution in [0.4, 0.5) is 0 Å². The van der Waals surface area contributed by atoms with Crippen LogP contribution in [0.15, 0.2) is 41.1 Å². The van der Waals surface area contributed by atoms with Crippen molar-refractivity contribution in [2.45, 2.75) is 20.0 Å². The molecule has 0 saturated heterocycles. The fourth-order valence-corrected chi connectivity index (χ4v) is 2.05. The lowest BCUT2D eigenvalue weighted by atomic mass is 10.1. The SMILES string of the molecule is Cc1cnc(C(O)c2cc3cccc(C)c3o2)cn1. The van der Waals surface area contributed by atoms with E-state index in [-0.39, 0.29) is 0 Å². The van der Waals surface area contributed by atoms with Gasteiger partial charge in [-0.2, -0.15) is 0 Å². The summed E-state index contributed by atoms with van der Waals surface area (Å²) in [5, 5.41) is 11.3. The Morgan fingerprint density at radius 2 is 2.00 bits per heavy atom. The molecular formula is C15H14N2O2. The zero-order valence-corrected chi connectivity index (χ0v) is 10.8. The summed E-state index contributed by atoms with van der Waals surface area (Å²) in [6.07, 6.45) is 2.31. The first-order valence-corrected chi connectivity index (χ1v) is 6.11. The van der Waals surface area contributed by atoms with E-state index in [1.54, 1.807) is 12.4 Å². The highest BCUT2D eigenvalue weighted by Gasteiger charge is 2.17. The van der Waals surface area contributed by atoms with Gasteiger partial charge < -0.3 is 9.52 Å². The maximum Gasteiger partial charge on any atom is 0.155 e. The molecule has 0 bridgehead atoms. The van der Waals surface area contributed by atoms with Crippen molar-refractivity contribution in [2.24, 2.45) is 0 Å². The Bertz CT molecular complexity index is 717. The van der Waals surface area contributed by atoms with Gasteiger partial charge in [0, 0.05) is 11.6 Å². The Morgan fingerprint density at radius 1 is 1.16 bits per heavy atom. The van der Waals surface area contributed by atoms with E-state index in [2.05, 4.69) is 9.97 Å². The van der Waals surface area contributed by atoms with E-state index in [0.717, 1.165) is 22.2 Å². The molecule has 3 rings (SSSR count). The second kappa shape index (κ2) is 4.48. The third-order valence-electron chi connectivity index (χ3n) is 3.11. The Balaban J connectivity index is 2.04. The van der Waals surface area contributed by atoms with E-state index >= 15 is 0 Å². The van der Waals surface area contributed by atoms with Gasteiger partial charge in [0.1, 0.15) is 11.3 Å². The van der Waals surface area contributed by atoms with Crippen LogP contribution in [0, 0.1) is 13.8 Å². The molecule has 4 heteroatoms. The van der Waals surface area contributed by atoms with Crippen molar-refractivity contribution in [3.05, 3.63) is 59.4 Å². The minimum atomic E-state index is -0.889. The van der Waals surface area contributed by atoms with E-state index in [4.69, 9.17) is 4.42 Å². The number of para-hydroxylation sites is 1. The first kappa shape index (κ1) is 11.9. The summed E-state index contributed by atoms with van der Waals surface area (Å²) in [5.41, 5.74) is 3.15. The molecule has 0 saturated carbocycles. The van der Waals surface area contributed by atoms with Crippen molar-refractivity contribution in [3.8, 4) is 0 Å². The number of hydrogen-bond donors (Lipinski definition) is 1. The molecular weight excluding hydrogens is 240 g/mol. The van der Waals surface area contributed by atoms with Gasteiger partial charge in [-0.15, -0.1) is 0 Å². The van der Waals surface area contributed by atoms with Crippen LogP contribution in [0.3, 0.4) is 0 Å². The highest BCUT2D eigenvalue weighted by molar-refractivity contribution is 5.81. The smallest absolute Gasteiger partial charge is 0.155 e. The quantitative estimate of drug-likeness (QED) is 0.763. The van der Waals surface area contributed by atoms with E-state index in [0.29, 0.717) is 11.5 Å². The van der Waals surface area contributed by atoms with Crippen LogP contribution < -0.4 is 0 Å². The van der Waals surface area contributed by atoms with Crippen LogP contribution in [-0.2, 0) is 0 Å². The molecule has 0 radical (unpaired) electrons. The zero-order chi connectivity index (χ0) is 13.4. The molecule has 1 unspecified atom stereocenters. The average Bonchev–Trinajstić information content (AvgIpc) is 2.84. The molecule has 0 amide bonds. The Labute approximate surface area is 110 Å². The fraction of sp³-hybridized carbons (Fsp3) is 0.200. The van der Waals surface area contributed by atoms with Crippen LogP contribution in [0.25, 0.3) is 11.0 Å². The number of aryl methyl sites for hydroxylation is 2. The largest absolute Gasteiger partial charge is 0.458 e. The molecule has 19 heavy (non-hydrogen) atoms. The average molecular weight is 254 g/mol. The number of furan rings is 1. The van der Waals surface area contributed by atoms with Crippen molar-refractivity contribution < 1.29 is 9.52 Å². The van der Waals surface area contributed by atoms with Gasteiger partial charge in [-0.3, -0.25) is 9.97 Å². The van der Waals surface area contributed by atoms with E-state index in [1.165, 1.54) is 0 Å². The van der Waals surface area contributed by atoms with Gasteiger partial charge in [0.2, 0.25) is 0 Å². The van der Waals surface area contributed by atoms with Crippen LogP contribution in [0.5, 0.6) is 0 Å². The summed E-state index contributed by atoms with van der Waals surface area (Å²) in [6.45, 7) is 3.83. The fourth-order valence-electron chi connectivity index (χ4n) is 2.05. The molecule has 0 aliphatic rings. The Kier molecular flexibility index (Phi) is 2.80. The topological polar surface area (TPSA) is 59.2 Å². The van der Waals surface area contributed by atoms with E-state index < -0.39 is 6.10 Å². The van der Waals surface area contributed by atoms with Crippen molar-refractivity contribution >= 4 is 11.0 Å². The molecule has 2 heterocycles. The third-order valence-corrected chi connectivity index (χ3v) is 3.11. The molecule has 0 aliphatic carbocycles. The van der Waals surface area contributed by atoms with Gasteiger partial charge in [-0.05, 0) is 25.5 Å². The summed E-state index contributed by atoms with van der Waals surface area (Å²) in [6, 6.07) is 7.75. The lowest BCUT2D eigenvalue weighted by molar-refractivity contribution is 0.187. The monoisotopic (exact) mass is 254 g/mol. The minimum absolute atomic E-state index is 0.488. The van der Waals surface area contributed by atoms with E-state index in [9.17, 15) is 5.11 Å². The van der Waals surface area contributed by atoms with Crippen LogP contribution in [0.1, 0.15) is 28.8 Å². The predicted molar refractivity (Wildman–Crippen MR) is 71.8 cm³/mol. The highest BCUT2D eigenvalue weighted by atomic mass is 16.4. The van der Waals surface area contributed by atoms with Gasteiger partial charge in [-0.1, -0.05) is 18.2 Å². The van der Waals surface area contributed by atoms with Crippen LogP contribution >= 0.6 is 0 Å². The number of aliphatic hydroxyl groups is 1. The second-order valence-electron chi connectivity index (χ2n) is 4.63. The zero-order valence-electron chi connectivity index (χ0n) is 10.8. The maximum atomic E-state index is 10.3. The number of benzene rings is 1. The summed E-state index contributed by atoms with van der Waals surface area (Å²) in [4.78, 5) is 8.31. The summed E-state index contributed by atoms with van der Waals surface area (Å²) in [7, 11) is 0. The summed E-state index contributed by atoms with van der Waals surface area (Å²) >= 11 is 0. The Hall–Kier alpha value is -2.20. The minimum Gasteiger partial charge on any atom is -0.458 e. The molecule has 1 atom stereocenters. The van der Waals surface area contributed by atoms with Crippen molar-refractivity contribution in [1.29, 1.82) is 0 Å². The number of aromatic nitrogens is 2. The normalized spacial score (nSPS) is 12.8. The summed E-state index contributed by atoms with van der Waals surface area (Å²) in [5.74, 6) is 0.488. The van der Waals surface area contributed by atoms with Gasteiger partial charge in [0.15, 0.2) is 6.10 Å². The molecule has 1 N–H and O–H groups in total. The molecule has 1 aromatic carbocycles. The second-order valence-corrected chi connectivity index (χ2v) is 4.63. The summed E-state index contributed by atoms with van der Waals surface area (Å²) < 4.78 is 5.73. The number of hydrogen-bond acceptors (Lipinski definition) is 4. The standard InChI is InChI=1S/C15H14N2O2/c1-9-4-3-5-11-6-13(19-15(9)11)14(18)12-8-16-10(2)7-17-12/h3-8,14,18H,1-2H3. The third kappa shape index (κ3) is 2.11. The molecule has 2 aromatic heterocycles. The van der Waals surface area contributed by atoms with Gasteiger partial charge >= 0.3 is 0 Å². The van der Waals surface area contributed by atoms with Crippen molar-refractivity contribution in [2.75, 3.05) is 0 Å². The van der Waals surface area contributed by atoms with Crippen molar-refractivity contribution in [1.82, 2.24) is 9.97 Å². The molecule has 0 aliphatic heterocycles. The van der Waals surface area contributed by atoms with Gasteiger partial charge in [0.05, 0.1) is 17.6 Å².